The molecule has 0 fully saturated rings. The Labute approximate surface area is 146 Å². The lowest BCUT2D eigenvalue weighted by Gasteiger charge is -2.29. The molecule has 0 spiro atoms. The predicted molar refractivity (Wildman–Crippen MR) is 90.4 cm³/mol. The highest BCUT2D eigenvalue weighted by Crippen LogP contribution is 2.42. The fourth-order valence-corrected chi connectivity index (χ4v) is 7.14. The summed E-state index contributed by atoms with van der Waals surface area (Å²) >= 11 is 0.705. The van der Waals surface area contributed by atoms with E-state index in [1.807, 2.05) is 6.92 Å². The van der Waals surface area contributed by atoms with Crippen LogP contribution in [0.15, 0.2) is 14.5 Å². The van der Waals surface area contributed by atoms with E-state index in [2.05, 4.69) is 5.32 Å². The van der Waals surface area contributed by atoms with E-state index in [0.717, 1.165) is 0 Å². The zero-order valence-corrected chi connectivity index (χ0v) is 16.0. The van der Waals surface area contributed by atoms with E-state index in [1.165, 1.54) is 13.2 Å². The minimum absolute atomic E-state index is 0.0373. The molecule has 1 aliphatic rings. The molecule has 2 atom stereocenters. The van der Waals surface area contributed by atoms with E-state index < -0.39 is 25.1 Å². The number of thiophene rings is 1. The van der Waals surface area contributed by atoms with Gasteiger partial charge in [-0.15, -0.1) is 11.3 Å². The predicted octanol–water partition coefficient (Wildman–Crippen LogP) is 0.255. The van der Waals surface area contributed by atoms with E-state index >= 15 is 0 Å². The number of sulfonamides is 1. The first-order chi connectivity index (χ1) is 11.2. The summed E-state index contributed by atoms with van der Waals surface area (Å²) in [5.41, 5.74) is 0.471. The molecule has 2 heterocycles. The number of ether oxygens (including phenoxy) is 2. The van der Waals surface area contributed by atoms with Crippen LogP contribution < -0.4 is 10.5 Å². The summed E-state index contributed by atoms with van der Waals surface area (Å²) in [5, 5.41) is 7.62. The van der Waals surface area contributed by atoms with Crippen LogP contribution in [0.2, 0.25) is 0 Å². The second-order valence-corrected chi connectivity index (χ2v) is 10.7. The molecule has 0 saturated carbocycles. The fourth-order valence-electron chi connectivity index (χ4n) is 2.59. The second-order valence-electron chi connectivity index (χ2n) is 5.43. The van der Waals surface area contributed by atoms with Crippen LogP contribution in [0.4, 0.5) is 0 Å². The van der Waals surface area contributed by atoms with Gasteiger partial charge in [-0.25, -0.2) is 22.0 Å². The van der Waals surface area contributed by atoms with Crippen molar-refractivity contribution in [2.75, 3.05) is 33.5 Å². The van der Waals surface area contributed by atoms with E-state index in [1.54, 1.807) is 0 Å². The normalized spacial score (nSPS) is 23.1. The van der Waals surface area contributed by atoms with Crippen molar-refractivity contribution in [1.29, 1.82) is 0 Å². The number of sulfone groups is 1. The van der Waals surface area contributed by atoms with Crippen molar-refractivity contribution in [3.8, 4) is 0 Å². The first-order valence-corrected chi connectivity index (χ1v) is 11.3. The highest BCUT2D eigenvalue weighted by molar-refractivity contribution is 7.95. The minimum atomic E-state index is -3.95. The Morgan fingerprint density at radius 1 is 1.42 bits per heavy atom. The van der Waals surface area contributed by atoms with Crippen molar-refractivity contribution in [2.24, 2.45) is 5.14 Å². The number of hydrogen-bond acceptors (Lipinski definition) is 8. The first kappa shape index (κ1) is 19.8. The van der Waals surface area contributed by atoms with Crippen molar-refractivity contribution in [1.82, 2.24) is 5.32 Å². The van der Waals surface area contributed by atoms with Crippen LogP contribution in [-0.2, 0) is 29.3 Å². The number of methoxy groups -OCH3 is 1. The molecular formula is C13H22N2O6S3. The monoisotopic (exact) mass is 398 g/mol. The average Bonchev–Trinajstić information content (AvgIpc) is 2.95. The molecule has 1 aliphatic heterocycles. The molecule has 1 aromatic rings. The average molecular weight is 399 g/mol. The highest BCUT2D eigenvalue weighted by Gasteiger charge is 2.41. The SMILES string of the molecule is CCNC1CC(COCCOC)S(=O)(=O)c2sc(S(N)(=O)=O)cc21. The number of rotatable bonds is 8. The van der Waals surface area contributed by atoms with Gasteiger partial charge >= 0.3 is 0 Å². The third-order valence-corrected chi connectivity index (χ3v) is 9.01. The zero-order chi connectivity index (χ0) is 18.0. The van der Waals surface area contributed by atoms with Gasteiger partial charge in [0.05, 0.1) is 25.1 Å². The largest absolute Gasteiger partial charge is 0.382 e. The molecule has 0 bridgehead atoms. The smallest absolute Gasteiger partial charge is 0.247 e. The summed E-state index contributed by atoms with van der Waals surface area (Å²) in [6, 6.07) is 1.11. The van der Waals surface area contributed by atoms with Crippen LogP contribution in [0.5, 0.6) is 0 Å². The molecular weight excluding hydrogens is 376 g/mol. The van der Waals surface area contributed by atoms with Crippen LogP contribution in [0.1, 0.15) is 24.9 Å². The maximum atomic E-state index is 12.8. The molecule has 3 N–H and O–H groups in total. The third kappa shape index (κ3) is 4.15. The van der Waals surface area contributed by atoms with E-state index in [9.17, 15) is 16.8 Å². The Hall–Kier alpha value is -0.560. The molecule has 138 valence electrons. The lowest BCUT2D eigenvalue weighted by molar-refractivity contribution is 0.0685. The van der Waals surface area contributed by atoms with Gasteiger partial charge in [-0.3, -0.25) is 0 Å². The Balaban J connectivity index is 2.36. The van der Waals surface area contributed by atoms with Gasteiger partial charge in [-0.2, -0.15) is 0 Å². The van der Waals surface area contributed by atoms with Gasteiger partial charge in [0.25, 0.3) is 0 Å². The van der Waals surface area contributed by atoms with Crippen LogP contribution in [0.3, 0.4) is 0 Å². The second kappa shape index (κ2) is 7.77. The number of primary sulfonamides is 1. The van der Waals surface area contributed by atoms with Crippen LogP contribution in [-0.4, -0.2) is 55.6 Å². The van der Waals surface area contributed by atoms with Gasteiger partial charge < -0.3 is 14.8 Å². The molecule has 8 nitrogen and oxygen atoms in total. The van der Waals surface area contributed by atoms with Crippen LogP contribution in [0.25, 0.3) is 0 Å². The molecule has 24 heavy (non-hydrogen) atoms. The Kier molecular flexibility index (Phi) is 6.40. The summed E-state index contributed by atoms with van der Waals surface area (Å²) in [6.07, 6.45) is 0.316. The van der Waals surface area contributed by atoms with Gasteiger partial charge in [0.1, 0.15) is 8.42 Å². The lowest BCUT2D eigenvalue weighted by atomic mass is 10.0. The zero-order valence-electron chi connectivity index (χ0n) is 13.5. The van der Waals surface area contributed by atoms with E-state index in [0.29, 0.717) is 43.1 Å². The Bertz CT molecular complexity index is 772. The number of nitrogens with one attached hydrogen (secondary N) is 1. The number of fused-ring (bicyclic) bond motifs is 1. The van der Waals surface area contributed by atoms with E-state index in [4.69, 9.17) is 14.6 Å². The molecule has 11 heteroatoms. The summed E-state index contributed by atoms with van der Waals surface area (Å²) in [5.74, 6) is 0. The topological polar surface area (TPSA) is 125 Å². The van der Waals surface area contributed by atoms with Crippen molar-refractivity contribution in [3.63, 3.8) is 0 Å². The van der Waals surface area contributed by atoms with Crippen molar-refractivity contribution >= 4 is 31.2 Å². The maximum Gasteiger partial charge on any atom is 0.247 e. The molecule has 0 amide bonds. The van der Waals surface area contributed by atoms with Crippen molar-refractivity contribution < 1.29 is 26.3 Å². The summed E-state index contributed by atoms with van der Waals surface area (Å²) in [4.78, 5) is 0. The van der Waals surface area contributed by atoms with Crippen LogP contribution >= 0.6 is 11.3 Å². The summed E-state index contributed by atoms with van der Waals surface area (Å²) in [7, 11) is -6.08. The quantitative estimate of drug-likeness (QED) is 0.602. The highest BCUT2D eigenvalue weighted by atomic mass is 32.3. The van der Waals surface area contributed by atoms with Gasteiger partial charge in [0.15, 0.2) is 9.84 Å². The molecule has 0 aromatic carbocycles. The summed E-state index contributed by atoms with van der Waals surface area (Å²) < 4.78 is 58.9. The number of nitrogens with two attached hydrogens (primary N) is 1. The molecule has 2 rings (SSSR count). The standard InChI is InChI=1S/C13H22N2O6S3/c1-3-15-11-6-9(8-21-5-4-20-2)23(16,17)13-10(11)7-12(22-13)24(14,18)19/h7,9,11,15H,3-6,8H2,1-2H3,(H2,14,18,19). The molecule has 0 radical (unpaired) electrons. The fraction of sp³-hybridized carbons (Fsp3) is 0.692. The van der Waals surface area contributed by atoms with Gasteiger partial charge in [-0.1, -0.05) is 6.92 Å². The van der Waals surface area contributed by atoms with Gasteiger partial charge in [-0.05, 0) is 19.0 Å². The van der Waals surface area contributed by atoms with Crippen LogP contribution in [0, 0.1) is 0 Å². The van der Waals surface area contributed by atoms with Crippen molar-refractivity contribution in [2.45, 2.75) is 33.1 Å². The minimum Gasteiger partial charge on any atom is -0.382 e. The summed E-state index contributed by atoms with van der Waals surface area (Å²) in [6.45, 7) is 3.24. The van der Waals surface area contributed by atoms with Gasteiger partial charge in [0, 0.05) is 18.7 Å². The molecule has 2 unspecified atom stereocenters. The first-order valence-electron chi connectivity index (χ1n) is 7.42. The molecule has 0 aliphatic carbocycles. The van der Waals surface area contributed by atoms with E-state index in [-0.39, 0.29) is 21.1 Å². The number of hydrogen-bond donors (Lipinski definition) is 2. The lowest BCUT2D eigenvalue weighted by Crippen LogP contribution is -2.37. The Morgan fingerprint density at radius 3 is 2.71 bits per heavy atom. The molecule has 0 saturated heterocycles. The third-order valence-electron chi connectivity index (χ3n) is 3.74. The van der Waals surface area contributed by atoms with Gasteiger partial charge in [0.2, 0.25) is 10.0 Å². The maximum absolute atomic E-state index is 12.8. The Morgan fingerprint density at radius 2 is 2.12 bits per heavy atom. The van der Waals surface area contributed by atoms with Crippen molar-refractivity contribution in [3.05, 3.63) is 11.6 Å². The molecule has 1 aromatic heterocycles.